The van der Waals surface area contributed by atoms with Gasteiger partial charge in [-0.1, -0.05) is 6.07 Å². The van der Waals surface area contributed by atoms with Crippen LogP contribution in [0.3, 0.4) is 0 Å². The van der Waals surface area contributed by atoms with Crippen LogP contribution >= 0.6 is 62.1 Å². The van der Waals surface area contributed by atoms with Crippen LogP contribution in [0.15, 0.2) is 173 Å². The lowest BCUT2D eigenvalue weighted by atomic mass is 10.1. The Morgan fingerprint density at radius 2 is 1.15 bits per heavy atom. The summed E-state index contributed by atoms with van der Waals surface area (Å²) in [7, 11) is 0. The fourth-order valence-electron chi connectivity index (χ4n) is 15.5. The normalized spacial score (nSPS) is 14.9. The van der Waals surface area contributed by atoms with Gasteiger partial charge in [0, 0.05) is 128 Å². The van der Waals surface area contributed by atoms with Gasteiger partial charge in [-0.2, -0.15) is 0 Å². The van der Waals surface area contributed by atoms with Gasteiger partial charge in [0.1, 0.15) is 100 Å². The molecule has 19 heterocycles. The van der Waals surface area contributed by atoms with E-state index in [1.165, 1.54) is 46.4 Å². The highest BCUT2D eigenvalue weighted by Crippen LogP contribution is 2.36. The number of pyridine rings is 5. The smallest absolute Gasteiger partial charge is 0.282 e. The van der Waals surface area contributed by atoms with Gasteiger partial charge < -0.3 is 86.2 Å². The molecule has 0 spiro atoms. The highest BCUT2D eigenvalue weighted by Gasteiger charge is 2.33. The molecule has 0 aliphatic carbocycles. The number of aromatic nitrogens is 19. The number of nitrogens with zero attached hydrogens (tertiary/aromatic N) is 20. The Morgan fingerprint density at radius 3 is 1.77 bits per heavy atom. The fraction of sp³-hybridized carbons (Fsp3) is 0.261. The number of fused-ring (bicyclic) bond motifs is 4. The number of carbonyl (C=O) groups is 5. The average molecular weight is 2040 g/mol. The van der Waals surface area contributed by atoms with E-state index in [1.807, 2.05) is 25.1 Å². The Labute approximate surface area is 817 Å². The Bertz CT molecular complexity index is 7590. The van der Waals surface area contributed by atoms with Crippen LogP contribution in [-0.4, -0.2) is 213 Å². The molecule has 2 saturated heterocycles. The van der Waals surface area contributed by atoms with Gasteiger partial charge in [0.2, 0.25) is 5.91 Å². The Morgan fingerprint density at radius 1 is 0.564 bits per heavy atom. The summed E-state index contributed by atoms with van der Waals surface area (Å²) < 4.78 is 14.3. The molecule has 0 bridgehead atoms. The van der Waals surface area contributed by atoms with Crippen molar-refractivity contribution in [2.45, 2.75) is 104 Å². The van der Waals surface area contributed by atoms with Gasteiger partial charge in [0.25, 0.3) is 45.9 Å². The second kappa shape index (κ2) is 43.5. The summed E-state index contributed by atoms with van der Waals surface area (Å²) in [6.45, 7) is 10.1. The maximum Gasteiger partial charge on any atom is 0.282 e. The van der Waals surface area contributed by atoms with Crippen LogP contribution in [0, 0.1) is 20.8 Å². The molecular weight excluding hydrogens is 1940 g/mol. The molecular formula is C88H92BrN37O10S4. The number of nitrogens with one attached hydrogen (secondary N) is 11. The van der Waals surface area contributed by atoms with Crippen molar-refractivity contribution < 1.29 is 29.1 Å². The van der Waals surface area contributed by atoms with Crippen LogP contribution in [0.4, 0.5) is 66.2 Å². The van der Waals surface area contributed by atoms with Crippen molar-refractivity contribution in [2.75, 3.05) is 88.4 Å². The molecule has 52 heteroatoms. The summed E-state index contributed by atoms with van der Waals surface area (Å²) in [5.74, 6) is 1.23. The van der Waals surface area contributed by atoms with Gasteiger partial charge in [0.15, 0.2) is 28.7 Å². The first kappa shape index (κ1) is 96.9. The minimum absolute atomic E-state index is 0.00956. The summed E-state index contributed by atoms with van der Waals surface area (Å²) in [5.41, 5.74) is 43.0. The number of nitrogens with two attached hydrogens (primary N) is 6. The number of aliphatic hydroxyl groups excluding tert-OH is 1. The quantitative estimate of drug-likeness (QED) is 0.0191. The zero-order valence-electron chi connectivity index (χ0n) is 75.2. The molecule has 0 aromatic carbocycles. The molecule has 2 fully saturated rings. The number of anilines is 12. The zero-order valence-corrected chi connectivity index (χ0v) is 80.1. The van der Waals surface area contributed by atoms with Crippen molar-refractivity contribution in [3.05, 3.63) is 254 Å². The molecule has 3 unspecified atom stereocenters. The van der Waals surface area contributed by atoms with E-state index in [0.29, 0.717) is 130 Å². The molecule has 0 radical (unpaired) electrons. The summed E-state index contributed by atoms with van der Waals surface area (Å²) in [5, 5.41) is 30.9. The second-order valence-electron chi connectivity index (χ2n) is 32.1. The van der Waals surface area contributed by atoms with Crippen LogP contribution in [-0.2, 0) is 24.1 Å². The summed E-state index contributed by atoms with van der Waals surface area (Å²) in [6.07, 6.45) is 28.0. The van der Waals surface area contributed by atoms with Gasteiger partial charge in [-0.25, -0.2) is 29.9 Å². The number of hydrogen-bond acceptors (Lipinski definition) is 37. The Balaban J connectivity index is 0.000000135. The molecule has 0 saturated carbocycles. The first-order chi connectivity index (χ1) is 67.6. The molecule has 3 atom stereocenters. The molecule has 19 rings (SSSR count). The number of aryl methyl sites for hydroxylation is 3. The molecule has 47 nitrogen and oxygen atoms in total. The molecule has 140 heavy (non-hydrogen) atoms. The van der Waals surface area contributed by atoms with Crippen molar-refractivity contribution in [2.24, 2.45) is 42.9 Å². The average Bonchev–Trinajstić information content (AvgIpc) is 1.67. The van der Waals surface area contributed by atoms with Crippen LogP contribution < -0.4 is 98.3 Å². The van der Waals surface area contributed by atoms with Crippen molar-refractivity contribution in [3.8, 4) is 0 Å². The third-order valence-electron chi connectivity index (χ3n) is 22.5. The monoisotopic (exact) mass is 2030 g/mol. The predicted octanol–water partition coefficient (Wildman–Crippen LogP) is 6.59. The SMILES string of the molecule is Cc1cc2ccn(C(=O)c3nc(Nc4s[nH]c(=O)c4C(N)=NCCC4CCC(=O)N4)cnc3C)c2cn1.Cc1ncc(Nc2s[nH]c(=O)c2C(N)=NC(C)CO)nc1C(=O)N1CCc2c(Br)cncc21.NC(=NCCC1CCCN1)c1c(Nc2cncc(C(=O)N3CCc4ccncc43)n2)s[nH]c1=O.NC(=NCCc1ncc[nH]1)c1c(Nc2cccc(C(=O)n3ccc4c(N)cc(N)nc43)n2)s[nH]c1=O. The number of hydrogen-bond donors (Lipinski definition) is 18. The maximum absolute atomic E-state index is 13.3. The number of aromatic amines is 5. The Hall–Kier alpha value is -16.2. The van der Waals surface area contributed by atoms with E-state index < -0.39 is 17.5 Å². The van der Waals surface area contributed by atoms with Crippen LogP contribution in [0.2, 0.25) is 0 Å². The number of rotatable bonds is 27. The van der Waals surface area contributed by atoms with Gasteiger partial charge in [-0.15, -0.1) is 0 Å². The predicted molar refractivity (Wildman–Crippen MR) is 540 cm³/mol. The third kappa shape index (κ3) is 22.2. The molecule has 4 aliphatic rings. The van der Waals surface area contributed by atoms with Crippen molar-refractivity contribution >= 4 is 203 Å². The zero-order chi connectivity index (χ0) is 98.5. The number of imidazole rings is 1. The molecule has 24 N–H and O–H groups in total. The van der Waals surface area contributed by atoms with Gasteiger partial charge in [-0.3, -0.25) is 120 Å². The van der Waals surface area contributed by atoms with Crippen molar-refractivity contribution in [1.29, 1.82) is 0 Å². The van der Waals surface area contributed by atoms with Crippen molar-refractivity contribution in [1.82, 2.24) is 102 Å². The number of aliphatic imine (C=N–C) groups is 4. The first-order valence-electron chi connectivity index (χ1n) is 43.6. The minimum Gasteiger partial charge on any atom is -0.398 e. The molecule has 4 aliphatic heterocycles. The van der Waals surface area contributed by atoms with Gasteiger partial charge in [-0.05, 0) is 189 Å². The van der Waals surface area contributed by atoms with Gasteiger partial charge >= 0.3 is 0 Å². The van der Waals surface area contributed by atoms with E-state index in [9.17, 15) is 48.3 Å². The van der Waals surface area contributed by atoms with E-state index >= 15 is 0 Å². The third-order valence-corrected chi connectivity index (χ3v) is 26.4. The van der Waals surface area contributed by atoms with Crippen LogP contribution in [0.1, 0.15) is 144 Å². The number of H-pyrrole nitrogens is 5. The fourth-order valence-corrected chi connectivity index (χ4v) is 19.0. The summed E-state index contributed by atoms with van der Waals surface area (Å²) in [4.78, 5) is 189. The van der Waals surface area contributed by atoms with Crippen LogP contribution in [0.5, 0.6) is 0 Å². The first-order valence-corrected chi connectivity index (χ1v) is 47.7. The van der Waals surface area contributed by atoms with E-state index in [4.69, 9.17) is 34.4 Å². The van der Waals surface area contributed by atoms with Crippen molar-refractivity contribution in [3.63, 3.8) is 0 Å². The maximum atomic E-state index is 13.3. The number of halogens is 1. The highest BCUT2D eigenvalue weighted by atomic mass is 79.9. The number of aliphatic hydroxyl groups is 1. The molecule has 3 amide bonds. The molecule has 15 aromatic heterocycles. The summed E-state index contributed by atoms with van der Waals surface area (Å²) >= 11 is 7.70. The van der Waals surface area contributed by atoms with Gasteiger partial charge in [0.05, 0.1) is 84.3 Å². The van der Waals surface area contributed by atoms with E-state index in [2.05, 4.69) is 150 Å². The van der Waals surface area contributed by atoms with Crippen LogP contribution in [0.25, 0.3) is 21.9 Å². The lowest BCUT2D eigenvalue weighted by Gasteiger charge is -2.18. The largest absolute Gasteiger partial charge is 0.398 e. The topological polar surface area (TPSA) is 702 Å². The number of carbonyl (C=O) groups excluding carboxylic acids is 5. The standard InChI is InChI=1S/C24H25N9O3S.C22H21N11O2S.C22H25N9O2S.C20H21BrN8O3S/c1-12-9-14-6-8-33(16(14)10-27-12)24(36)20-13(2)28-11-17(30-20)31-23-19(22(35)32-37-23)21(25)26-7-5-15-3-4-18(34)29-15;23-12-10-14(24)30-19-11(12)5-9-33(19)22(35)13-2-1-3-16(29-13)31-21-17(20(34)32-36-21)18(25)28-6-4-15-26-7-8-27-15;23-19(27-8-4-14-2-1-6-26-14)18-20(32)30-34-21(18)29-17-12-25-10-15(28-17)22(33)31-9-5-13-3-7-24-11-16(13)31;1-9(8-30)25-17(22)15-18(31)28-33-19(15)27-14-7-24-10(2)16(26-14)20(32)29-4-3-11-12(21)5-23-6-13(11)29/h6,8-11,15H,3-5,7H2,1-2H3,(H2,25,26)(H,29,34)(H,30,31)(H,32,35);1-3,5,7-10H,4,6H2,(H2,25,28)(H,26,27)(H,29,31)(H,32,34)(H4,23,24,30);3,7,10-12,14,26H,1-2,4-6,8-9H2,(H2,23,27)(H,28,29)(H,30,32);5-7,9,30H,3-4,8H2,1-2H3,(H2,22,25)(H,26,27)(H,28,31). The Kier molecular flexibility index (Phi) is 30.1. The lowest BCUT2D eigenvalue weighted by molar-refractivity contribution is -0.119. The van der Waals surface area contributed by atoms with E-state index in [0.717, 1.165) is 122 Å². The minimum atomic E-state index is -0.460. The lowest BCUT2D eigenvalue weighted by Crippen LogP contribution is -2.30. The number of nitrogen functional groups attached to an aromatic ring is 2. The van der Waals surface area contributed by atoms with E-state index in [-0.39, 0.29) is 139 Å². The summed E-state index contributed by atoms with van der Waals surface area (Å²) in [6, 6.07) is 13.8. The van der Waals surface area contributed by atoms with E-state index in [1.54, 1.807) is 111 Å². The highest BCUT2D eigenvalue weighted by molar-refractivity contribution is 9.10. The molecule has 720 valence electrons. The second-order valence-corrected chi connectivity index (χ2v) is 36.2. The number of amides is 3. The number of amidine groups is 4. The molecule has 15 aromatic rings.